The highest BCUT2D eigenvalue weighted by Crippen LogP contribution is 2.44. The number of rotatable bonds is 2. The van der Waals surface area contributed by atoms with E-state index >= 15 is 0 Å². The van der Waals surface area contributed by atoms with Gasteiger partial charge in [-0.25, -0.2) is 0 Å². The number of anilines is 1. The maximum absolute atomic E-state index is 5.92. The lowest BCUT2D eigenvalue weighted by molar-refractivity contribution is 0.314. The van der Waals surface area contributed by atoms with Crippen molar-refractivity contribution >= 4 is 27.5 Å². The number of fused-ring (bicyclic) bond motifs is 5. The first kappa shape index (κ1) is 13.1. The minimum Gasteiger partial charge on any atom is -0.493 e. The van der Waals surface area contributed by atoms with Gasteiger partial charge in [0.15, 0.2) is 17.2 Å². The molecule has 0 atom stereocenters. The van der Waals surface area contributed by atoms with Gasteiger partial charge in [0.1, 0.15) is 6.61 Å². The van der Waals surface area contributed by atoms with E-state index in [4.69, 9.17) is 14.2 Å². The molecular formula is C17H18N2O3. The lowest BCUT2D eigenvalue weighted by atomic mass is 10.1. The summed E-state index contributed by atoms with van der Waals surface area (Å²) in [7, 11) is 5.38. The smallest absolute Gasteiger partial charge is 0.184 e. The highest BCUT2D eigenvalue weighted by molar-refractivity contribution is 6.13. The molecule has 114 valence electrons. The molecule has 0 aliphatic carbocycles. The summed E-state index contributed by atoms with van der Waals surface area (Å²) in [5.74, 6) is 2.34. The molecule has 3 aromatic rings. The minimum atomic E-state index is 0.693. The molecule has 0 radical (unpaired) electrons. The van der Waals surface area contributed by atoms with Crippen LogP contribution in [0.3, 0.4) is 0 Å². The molecule has 0 bridgehead atoms. The molecule has 22 heavy (non-hydrogen) atoms. The minimum absolute atomic E-state index is 0.693. The summed E-state index contributed by atoms with van der Waals surface area (Å²) in [4.78, 5) is 5.67. The van der Waals surface area contributed by atoms with E-state index in [2.05, 4.69) is 35.1 Å². The Labute approximate surface area is 128 Å². The topological polar surface area (TPSA) is 46.7 Å². The number of hydrogen-bond acceptors (Lipinski definition) is 4. The fourth-order valence-corrected chi connectivity index (χ4v) is 3.17. The second kappa shape index (κ2) is 4.73. The Morgan fingerprint density at radius 3 is 2.59 bits per heavy atom. The fourth-order valence-electron chi connectivity index (χ4n) is 3.17. The summed E-state index contributed by atoms with van der Waals surface area (Å²) >= 11 is 0. The number of nitrogens with one attached hydrogen (secondary N) is 1. The fraction of sp³-hybridized carbons (Fsp3) is 0.294. The number of aromatic amines is 1. The third kappa shape index (κ3) is 1.65. The molecule has 0 saturated carbocycles. The van der Waals surface area contributed by atoms with Gasteiger partial charge in [0.05, 0.1) is 37.5 Å². The van der Waals surface area contributed by atoms with Gasteiger partial charge in [0.25, 0.3) is 0 Å². The first-order chi connectivity index (χ1) is 10.7. The van der Waals surface area contributed by atoms with Gasteiger partial charge < -0.3 is 24.1 Å². The second-order valence-corrected chi connectivity index (χ2v) is 5.46. The van der Waals surface area contributed by atoms with Crippen LogP contribution in [0.5, 0.6) is 17.2 Å². The quantitative estimate of drug-likeness (QED) is 0.789. The standard InChI is InChI=1S/C17H18N2O3/c1-19-8-9-22-16-12(19)6-4-10-11-5-7-13(20-2)17(21-3)15(11)18-14(10)16/h4-7,18H,8-9H2,1-3H3. The third-order valence-electron chi connectivity index (χ3n) is 4.31. The molecule has 2 heterocycles. The second-order valence-electron chi connectivity index (χ2n) is 5.46. The summed E-state index contributed by atoms with van der Waals surface area (Å²) < 4.78 is 16.8. The van der Waals surface area contributed by atoms with Gasteiger partial charge in [-0.15, -0.1) is 0 Å². The molecule has 0 unspecified atom stereocenters. The Kier molecular flexibility index (Phi) is 2.82. The zero-order valence-electron chi connectivity index (χ0n) is 12.9. The van der Waals surface area contributed by atoms with Crippen LogP contribution in [0, 0.1) is 0 Å². The SMILES string of the molecule is COc1ccc2c([nH]c3c4c(ccc32)N(C)CCO4)c1OC. The van der Waals surface area contributed by atoms with Crippen LogP contribution in [-0.2, 0) is 0 Å². The van der Waals surface area contributed by atoms with Crippen molar-refractivity contribution in [3.8, 4) is 17.2 Å². The van der Waals surface area contributed by atoms with Gasteiger partial charge in [-0.3, -0.25) is 0 Å². The van der Waals surface area contributed by atoms with E-state index in [0.29, 0.717) is 18.1 Å². The summed E-state index contributed by atoms with van der Waals surface area (Å²) in [6.45, 7) is 1.59. The van der Waals surface area contributed by atoms with Gasteiger partial charge in [-0.2, -0.15) is 0 Å². The van der Waals surface area contributed by atoms with Crippen molar-refractivity contribution in [2.45, 2.75) is 0 Å². The Balaban J connectivity index is 2.09. The average molecular weight is 298 g/mol. The number of likely N-dealkylation sites (N-methyl/N-ethyl adjacent to an activating group) is 1. The van der Waals surface area contributed by atoms with Crippen LogP contribution in [0.4, 0.5) is 5.69 Å². The van der Waals surface area contributed by atoms with E-state index in [1.54, 1.807) is 14.2 Å². The monoisotopic (exact) mass is 298 g/mol. The Morgan fingerprint density at radius 1 is 1.05 bits per heavy atom. The third-order valence-corrected chi connectivity index (χ3v) is 4.31. The van der Waals surface area contributed by atoms with Gasteiger partial charge in [0, 0.05) is 17.8 Å². The molecule has 0 fully saturated rings. The van der Waals surface area contributed by atoms with Crippen LogP contribution in [0.25, 0.3) is 21.8 Å². The van der Waals surface area contributed by atoms with Crippen LogP contribution in [0.15, 0.2) is 24.3 Å². The van der Waals surface area contributed by atoms with Crippen molar-refractivity contribution in [3.05, 3.63) is 24.3 Å². The molecule has 1 aromatic heterocycles. The zero-order valence-corrected chi connectivity index (χ0v) is 12.9. The number of hydrogen-bond donors (Lipinski definition) is 1. The Morgan fingerprint density at radius 2 is 1.82 bits per heavy atom. The van der Waals surface area contributed by atoms with Crippen molar-refractivity contribution < 1.29 is 14.2 Å². The Hall–Kier alpha value is -2.56. The normalized spacial score (nSPS) is 14.0. The van der Waals surface area contributed by atoms with Crippen molar-refractivity contribution in [1.29, 1.82) is 0 Å². The first-order valence-corrected chi connectivity index (χ1v) is 7.28. The van der Waals surface area contributed by atoms with Crippen LogP contribution >= 0.6 is 0 Å². The lowest BCUT2D eigenvalue weighted by Crippen LogP contribution is -2.28. The van der Waals surface area contributed by atoms with Crippen molar-refractivity contribution in [1.82, 2.24) is 4.98 Å². The maximum Gasteiger partial charge on any atom is 0.184 e. The van der Waals surface area contributed by atoms with E-state index in [9.17, 15) is 0 Å². The highest BCUT2D eigenvalue weighted by atomic mass is 16.5. The highest BCUT2D eigenvalue weighted by Gasteiger charge is 2.21. The molecule has 0 spiro atoms. The Bertz CT molecular complexity index is 869. The molecule has 2 aromatic carbocycles. The van der Waals surface area contributed by atoms with E-state index in [1.165, 1.54) is 0 Å². The van der Waals surface area contributed by atoms with Crippen molar-refractivity contribution in [3.63, 3.8) is 0 Å². The molecule has 1 aliphatic rings. The van der Waals surface area contributed by atoms with E-state index in [1.807, 2.05) is 6.07 Å². The van der Waals surface area contributed by atoms with E-state index in [-0.39, 0.29) is 0 Å². The molecule has 0 amide bonds. The number of nitrogens with zero attached hydrogens (tertiary/aromatic N) is 1. The molecule has 1 N–H and O–H groups in total. The van der Waals surface area contributed by atoms with Crippen LogP contribution in [0.2, 0.25) is 0 Å². The largest absolute Gasteiger partial charge is 0.493 e. The molecular weight excluding hydrogens is 280 g/mol. The van der Waals surface area contributed by atoms with Crippen LogP contribution < -0.4 is 19.1 Å². The summed E-state index contributed by atoms with van der Waals surface area (Å²) in [6, 6.07) is 8.22. The van der Waals surface area contributed by atoms with Crippen molar-refractivity contribution in [2.24, 2.45) is 0 Å². The summed E-state index contributed by atoms with van der Waals surface area (Å²) in [5, 5.41) is 2.23. The van der Waals surface area contributed by atoms with Crippen molar-refractivity contribution in [2.75, 3.05) is 39.3 Å². The zero-order chi connectivity index (χ0) is 15.3. The number of ether oxygens (including phenoxy) is 3. The van der Waals surface area contributed by atoms with E-state index in [0.717, 1.165) is 39.8 Å². The van der Waals surface area contributed by atoms with Gasteiger partial charge >= 0.3 is 0 Å². The maximum atomic E-state index is 5.92. The average Bonchev–Trinajstić information content (AvgIpc) is 2.93. The van der Waals surface area contributed by atoms with Gasteiger partial charge in [-0.05, 0) is 24.3 Å². The van der Waals surface area contributed by atoms with Crippen LogP contribution in [-0.4, -0.2) is 39.4 Å². The number of benzene rings is 2. The molecule has 1 aliphatic heterocycles. The van der Waals surface area contributed by atoms with Gasteiger partial charge in [-0.1, -0.05) is 0 Å². The first-order valence-electron chi connectivity index (χ1n) is 7.28. The lowest BCUT2D eigenvalue weighted by Gasteiger charge is -2.27. The number of H-pyrrole nitrogens is 1. The number of methoxy groups -OCH3 is 2. The van der Waals surface area contributed by atoms with Gasteiger partial charge in [0.2, 0.25) is 0 Å². The molecule has 5 heteroatoms. The molecule has 4 rings (SSSR count). The molecule has 0 saturated heterocycles. The predicted octanol–water partition coefficient (Wildman–Crippen LogP) is 3.17. The predicted molar refractivity (Wildman–Crippen MR) is 87.7 cm³/mol. The number of aromatic nitrogens is 1. The van der Waals surface area contributed by atoms with Crippen LogP contribution in [0.1, 0.15) is 0 Å². The summed E-state index contributed by atoms with van der Waals surface area (Å²) in [6.07, 6.45) is 0. The summed E-state index contributed by atoms with van der Waals surface area (Å²) in [5.41, 5.74) is 3.05. The van der Waals surface area contributed by atoms with E-state index < -0.39 is 0 Å². The molecule has 5 nitrogen and oxygen atoms in total.